The Balaban J connectivity index is 1.30. The summed E-state index contributed by atoms with van der Waals surface area (Å²) < 4.78 is 0. The first-order valence-electron chi connectivity index (χ1n) is 11.4. The lowest BCUT2D eigenvalue weighted by Gasteiger charge is -2.43. The molecule has 30 heavy (non-hydrogen) atoms. The molecular weight excluding hydrogens is 376 g/mol. The predicted molar refractivity (Wildman–Crippen MR) is 120 cm³/mol. The molecule has 2 unspecified atom stereocenters. The summed E-state index contributed by atoms with van der Waals surface area (Å²) in [6.07, 6.45) is 6.22. The number of carbonyl (C=O) groups is 1. The molecule has 4 rings (SSSR count). The normalized spacial score (nSPS) is 26.4. The lowest BCUT2D eigenvalue weighted by molar-refractivity contribution is -0.150. The van der Waals surface area contributed by atoms with E-state index >= 15 is 0 Å². The molecule has 0 saturated carbocycles. The average molecular weight is 413 g/mol. The van der Waals surface area contributed by atoms with Crippen LogP contribution < -0.4 is 0 Å². The molecule has 2 atom stereocenters. The largest absolute Gasteiger partial charge is 0.339 e. The van der Waals surface area contributed by atoms with Crippen molar-refractivity contribution in [2.75, 3.05) is 26.2 Å². The summed E-state index contributed by atoms with van der Waals surface area (Å²) in [7, 11) is 0. The van der Waals surface area contributed by atoms with Crippen LogP contribution in [0.1, 0.15) is 69.3 Å². The van der Waals surface area contributed by atoms with Crippen molar-refractivity contribution in [2.24, 2.45) is 4.99 Å². The van der Waals surface area contributed by atoms with Gasteiger partial charge < -0.3 is 4.90 Å². The van der Waals surface area contributed by atoms with Gasteiger partial charge in [0.05, 0.1) is 6.04 Å². The van der Waals surface area contributed by atoms with Gasteiger partial charge in [-0.05, 0) is 62.3 Å². The van der Waals surface area contributed by atoms with Crippen molar-refractivity contribution in [3.8, 4) is 0 Å². The molecule has 0 radical (unpaired) electrons. The maximum Gasteiger partial charge on any atom is 0.253 e. The molecule has 0 aromatic heterocycles. The Bertz CT molecular complexity index is 762. The minimum absolute atomic E-state index is 0.0629. The molecule has 6 nitrogen and oxygen atoms in total. The Hall–Kier alpha value is -1.92. The number of amides is 1. The van der Waals surface area contributed by atoms with Crippen molar-refractivity contribution in [1.29, 1.82) is 0 Å². The highest BCUT2D eigenvalue weighted by Crippen LogP contribution is 2.26. The molecule has 0 spiro atoms. The monoisotopic (exact) mass is 412 g/mol. The van der Waals surface area contributed by atoms with Gasteiger partial charge in [0.1, 0.15) is 6.34 Å². The van der Waals surface area contributed by atoms with Crippen LogP contribution >= 0.6 is 0 Å². The molecule has 1 aromatic carbocycles. The molecular formula is C24H36N4O2. The molecule has 2 saturated heterocycles. The van der Waals surface area contributed by atoms with E-state index in [1.165, 1.54) is 12.0 Å². The Morgan fingerprint density at radius 2 is 1.73 bits per heavy atom. The van der Waals surface area contributed by atoms with E-state index in [-0.39, 0.29) is 17.6 Å². The number of hydrogen-bond acceptors (Lipinski definition) is 5. The summed E-state index contributed by atoms with van der Waals surface area (Å²) in [6, 6.07) is 9.10. The molecule has 2 fully saturated rings. The first kappa shape index (κ1) is 21.3. The standard InChI is InChI=1S/C24H36N4O2/c1-18-25-17-28(30-18)22-6-5-13-27(16-22)21-11-14-26(15-12-21)23(29)19-7-9-20(10-8-19)24(2,3)4/h7-10,17-18,21-22H,5-6,11-16H2,1-4H3. The zero-order valence-corrected chi connectivity index (χ0v) is 18.9. The van der Waals surface area contributed by atoms with Crippen LogP contribution in [0.25, 0.3) is 0 Å². The second kappa shape index (κ2) is 8.67. The van der Waals surface area contributed by atoms with Crippen LogP contribution in [0.3, 0.4) is 0 Å². The summed E-state index contributed by atoms with van der Waals surface area (Å²) in [5, 5.41) is 1.96. The van der Waals surface area contributed by atoms with E-state index in [4.69, 9.17) is 4.84 Å². The molecule has 164 valence electrons. The van der Waals surface area contributed by atoms with Gasteiger partial charge in [0.2, 0.25) is 0 Å². The number of benzene rings is 1. The van der Waals surface area contributed by atoms with Crippen LogP contribution in [0, 0.1) is 0 Å². The number of piperidine rings is 2. The van der Waals surface area contributed by atoms with Crippen LogP contribution in [0.4, 0.5) is 0 Å². The van der Waals surface area contributed by atoms with Gasteiger partial charge in [-0.2, -0.15) is 0 Å². The highest BCUT2D eigenvalue weighted by Gasteiger charge is 2.33. The first-order valence-corrected chi connectivity index (χ1v) is 11.4. The van der Waals surface area contributed by atoms with Gasteiger partial charge >= 0.3 is 0 Å². The van der Waals surface area contributed by atoms with E-state index in [0.29, 0.717) is 12.1 Å². The summed E-state index contributed by atoms with van der Waals surface area (Å²) in [6.45, 7) is 12.4. The van der Waals surface area contributed by atoms with Crippen LogP contribution in [0.5, 0.6) is 0 Å². The summed E-state index contributed by atoms with van der Waals surface area (Å²) in [5.74, 6) is 0.168. The van der Waals surface area contributed by atoms with Crippen LogP contribution in [-0.2, 0) is 10.3 Å². The maximum absolute atomic E-state index is 13.0. The van der Waals surface area contributed by atoms with Gasteiger partial charge in [0, 0.05) is 31.2 Å². The smallest absolute Gasteiger partial charge is 0.253 e. The number of nitrogens with zero attached hydrogens (tertiary/aromatic N) is 4. The molecule has 6 heteroatoms. The van der Waals surface area contributed by atoms with Gasteiger partial charge in [-0.15, -0.1) is 0 Å². The second-order valence-corrected chi connectivity index (χ2v) is 9.97. The fourth-order valence-corrected chi connectivity index (χ4v) is 4.82. The zero-order chi connectivity index (χ0) is 21.3. The number of hydrogen-bond donors (Lipinski definition) is 0. The highest BCUT2D eigenvalue weighted by molar-refractivity contribution is 5.94. The zero-order valence-electron chi connectivity index (χ0n) is 18.9. The lowest BCUT2D eigenvalue weighted by atomic mass is 9.86. The Labute approximate surface area is 180 Å². The van der Waals surface area contributed by atoms with Gasteiger partial charge in [0.25, 0.3) is 5.91 Å². The number of aliphatic imine (C=N–C) groups is 1. The molecule has 3 aliphatic heterocycles. The van der Waals surface area contributed by atoms with E-state index in [1.54, 1.807) is 0 Å². The second-order valence-electron chi connectivity index (χ2n) is 9.97. The minimum Gasteiger partial charge on any atom is -0.339 e. The number of likely N-dealkylation sites (tertiary alicyclic amines) is 2. The topological polar surface area (TPSA) is 48.4 Å². The van der Waals surface area contributed by atoms with Crippen molar-refractivity contribution in [3.63, 3.8) is 0 Å². The number of carbonyl (C=O) groups excluding carboxylic acids is 1. The third kappa shape index (κ3) is 4.70. The quantitative estimate of drug-likeness (QED) is 0.760. The Kier molecular flexibility index (Phi) is 6.16. The molecule has 3 heterocycles. The van der Waals surface area contributed by atoms with Crippen molar-refractivity contribution in [2.45, 2.75) is 77.1 Å². The van der Waals surface area contributed by atoms with Gasteiger partial charge in [0.15, 0.2) is 6.23 Å². The van der Waals surface area contributed by atoms with Crippen LogP contribution in [0.2, 0.25) is 0 Å². The SMILES string of the molecule is CC1N=CN(C2CCCN(C3CCN(C(=O)c4ccc(C(C)(C)C)cc4)CC3)C2)O1. The van der Waals surface area contributed by atoms with Crippen molar-refractivity contribution >= 4 is 12.2 Å². The Morgan fingerprint density at radius 3 is 2.33 bits per heavy atom. The minimum atomic E-state index is -0.0629. The van der Waals surface area contributed by atoms with Gasteiger partial charge in [-0.1, -0.05) is 32.9 Å². The van der Waals surface area contributed by atoms with Crippen molar-refractivity contribution < 1.29 is 9.63 Å². The molecule has 0 aliphatic carbocycles. The number of hydroxylamine groups is 2. The van der Waals surface area contributed by atoms with Crippen LogP contribution in [0.15, 0.2) is 29.3 Å². The van der Waals surface area contributed by atoms with Crippen molar-refractivity contribution in [3.05, 3.63) is 35.4 Å². The molecule has 1 amide bonds. The highest BCUT2D eigenvalue weighted by atomic mass is 16.7. The van der Waals surface area contributed by atoms with Crippen LogP contribution in [-0.4, -0.2) is 71.6 Å². The molecule has 0 N–H and O–H groups in total. The number of rotatable bonds is 3. The summed E-state index contributed by atoms with van der Waals surface area (Å²) in [5.41, 5.74) is 2.17. The van der Waals surface area contributed by atoms with Gasteiger partial charge in [-0.3, -0.25) is 9.69 Å². The third-order valence-electron chi connectivity index (χ3n) is 6.72. The van der Waals surface area contributed by atoms with E-state index in [1.807, 2.05) is 35.4 Å². The maximum atomic E-state index is 13.0. The van der Waals surface area contributed by atoms with E-state index in [2.05, 4.69) is 42.8 Å². The van der Waals surface area contributed by atoms with Crippen molar-refractivity contribution in [1.82, 2.24) is 14.9 Å². The fraction of sp³-hybridized carbons (Fsp3) is 0.667. The fourth-order valence-electron chi connectivity index (χ4n) is 4.82. The summed E-state index contributed by atoms with van der Waals surface area (Å²) >= 11 is 0. The first-order chi connectivity index (χ1) is 14.3. The van der Waals surface area contributed by atoms with Gasteiger partial charge in [-0.25, -0.2) is 14.9 Å². The van der Waals surface area contributed by atoms with E-state index in [0.717, 1.165) is 51.0 Å². The van der Waals surface area contributed by atoms with E-state index in [9.17, 15) is 4.79 Å². The predicted octanol–water partition coefficient (Wildman–Crippen LogP) is 3.67. The molecule has 3 aliphatic rings. The third-order valence-corrected chi connectivity index (χ3v) is 6.72. The molecule has 0 bridgehead atoms. The molecule has 1 aromatic rings. The van der Waals surface area contributed by atoms with E-state index < -0.39 is 0 Å². The average Bonchev–Trinajstić information content (AvgIpc) is 3.19. The Morgan fingerprint density at radius 1 is 1.03 bits per heavy atom. The lowest BCUT2D eigenvalue weighted by Crippen LogP contribution is -2.53. The summed E-state index contributed by atoms with van der Waals surface area (Å²) in [4.78, 5) is 27.7.